The molecule has 1 aromatic heterocycles. The normalized spacial score (nSPS) is 16.4. The van der Waals surface area contributed by atoms with Gasteiger partial charge in [-0.25, -0.2) is 0 Å². The number of aromatic nitrogens is 2. The predicted molar refractivity (Wildman–Crippen MR) is 159 cm³/mol. The fraction of sp³-hybridized carbons (Fsp3) is 0.517. The van der Waals surface area contributed by atoms with E-state index in [9.17, 15) is 18.9 Å². The van der Waals surface area contributed by atoms with E-state index in [0.717, 1.165) is 44.6 Å². The number of benzene rings is 1. The van der Waals surface area contributed by atoms with Gasteiger partial charge in [-0.3, -0.25) is 0 Å². The summed E-state index contributed by atoms with van der Waals surface area (Å²) in [5, 5.41) is 2.79. The number of likely N-dealkylation sites (N-methyl/N-ethyl adjacent to an activating group) is 1. The number of hydrogen-bond donors (Lipinski definition) is 1. The van der Waals surface area contributed by atoms with E-state index < -0.39 is 11.9 Å². The van der Waals surface area contributed by atoms with E-state index in [1.165, 1.54) is 0 Å². The molecule has 42 heavy (non-hydrogen) atoms. The monoisotopic (exact) mass is 595 g/mol. The van der Waals surface area contributed by atoms with E-state index >= 15 is 0 Å². The quantitative estimate of drug-likeness (QED) is 0.344. The molecule has 2 aliphatic heterocycles. The van der Waals surface area contributed by atoms with Gasteiger partial charge in [-0.15, -0.1) is 0 Å². The first-order valence-electron chi connectivity index (χ1n) is 14.3. The van der Waals surface area contributed by atoms with Crippen molar-refractivity contribution in [1.29, 1.82) is 0 Å². The topological polar surface area (TPSA) is 128 Å². The molecule has 0 bridgehead atoms. The van der Waals surface area contributed by atoms with Gasteiger partial charge in [0, 0.05) is 0 Å². The van der Waals surface area contributed by atoms with E-state index in [1.807, 2.05) is 37.3 Å². The Hall–Kier alpha value is -3.72. The SMILES string of the molecule is CCCCOC(=O)N1CCN(C(=O)[C@H](CC#P=O)NC(=O)c2cc(N3CCN(C)CC3)nc(-c3ccccc3)n2)CC1. The third kappa shape index (κ3) is 8.41. The number of hydrogen-bond acceptors (Lipinski definition) is 9. The van der Waals surface area contributed by atoms with Crippen molar-refractivity contribution < 1.29 is 23.7 Å². The Bertz CT molecular complexity index is 1340. The number of anilines is 1. The molecule has 0 spiro atoms. The van der Waals surface area contributed by atoms with Crippen LogP contribution in [-0.2, 0) is 14.1 Å². The zero-order chi connectivity index (χ0) is 29.9. The van der Waals surface area contributed by atoms with Crippen molar-refractivity contribution in [2.45, 2.75) is 32.2 Å². The maximum atomic E-state index is 13.6. The second kappa shape index (κ2) is 15.5. The molecule has 2 fully saturated rings. The van der Waals surface area contributed by atoms with Gasteiger partial charge < -0.3 is 0 Å². The molecule has 4 rings (SSSR count). The summed E-state index contributed by atoms with van der Waals surface area (Å²) in [7, 11) is 1.71. The Kier molecular flexibility index (Phi) is 11.5. The van der Waals surface area contributed by atoms with Gasteiger partial charge in [0.15, 0.2) is 0 Å². The third-order valence-corrected chi connectivity index (χ3v) is 7.65. The molecule has 2 aliphatic rings. The van der Waals surface area contributed by atoms with Gasteiger partial charge in [0.1, 0.15) is 0 Å². The summed E-state index contributed by atoms with van der Waals surface area (Å²) in [5.74, 6) is 0.183. The van der Waals surface area contributed by atoms with Gasteiger partial charge in [0.2, 0.25) is 0 Å². The summed E-state index contributed by atoms with van der Waals surface area (Å²) >= 11 is 0. The molecule has 2 saturated heterocycles. The second-order valence-corrected chi connectivity index (χ2v) is 10.8. The number of nitrogens with one attached hydrogen (secondary N) is 1. The molecule has 1 atom stereocenters. The van der Waals surface area contributed by atoms with Gasteiger partial charge in [-0.05, 0) is 7.05 Å². The van der Waals surface area contributed by atoms with Crippen LogP contribution in [0, 0.1) is 5.63 Å². The number of unbranched alkanes of at least 4 members (excludes halogenated alkanes) is 1. The van der Waals surface area contributed by atoms with Gasteiger partial charge in [-0.2, -0.15) is 0 Å². The van der Waals surface area contributed by atoms with Crippen LogP contribution in [0.4, 0.5) is 10.6 Å². The third-order valence-electron chi connectivity index (χ3n) is 7.34. The molecular formula is C29H38N7O5P. The van der Waals surface area contributed by atoms with Crippen LogP contribution in [0.25, 0.3) is 11.4 Å². The average Bonchev–Trinajstić information content (AvgIpc) is 3.03. The zero-order valence-corrected chi connectivity index (χ0v) is 25.1. The zero-order valence-electron chi connectivity index (χ0n) is 24.2. The van der Waals surface area contributed by atoms with Crippen molar-refractivity contribution in [3.8, 4) is 17.0 Å². The van der Waals surface area contributed by atoms with E-state index in [0.29, 0.717) is 44.4 Å². The van der Waals surface area contributed by atoms with Gasteiger partial charge in [-0.1, -0.05) is 13.3 Å². The average molecular weight is 596 g/mol. The van der Waals surface area contributed by atoms with Crippen molar-refractivity contribution in [2.24, 2.45) is 0 Å². The molecule has 0 saturated carbocycles. The summed E-state index contributed by atoms with van der Waals surface area (Å²) in [5.41, 5.74) is 3.52. The second-order valence-electron chi connectivity index (χ2n) is 10.4. The summed E-state index contributed by atoms with van der Waals surface area (Å²) in [6.45, 7) is 6.88. The van der Waals surface area contributed by atoms with E-state index in [2.05, 4.69) is 32.8 Å². The van der Waals surface area contributed by atoms with Crippen molar-refractivity contribution in [3.63, 3.8) is 0 Å². The molecule has 12 nitrogen and oxygen atoms in total. The van der Waals surface area contributed by atoms with E-state index in [4.69, 9.17) is 9.72 Å². The molecule has 1 aromatic carbocycles. The van der Waals surface area contributed by atoms with Crippen LogP contribution in [0.1, 0.15) is 36.7 Å². The summed E-state index contributed by atoms with van der Waals surface area (Å²) in [4.78, 5) is 56.2. The molecule has 2 aromatic rings. The number of carbonyl (C=O) groups excluding carboxylic acids is 3. The minimum atomic E-state index is -0.996. The fourth-order valence-corrected chi connectivity index (χ4v) is 5.01. The first-order valence-corrected chi connectivity index (χ1v) is 15.2. The molecule has 224 valence electrons. The van der Waals surface area contributed by atoms with E-state index in [-0.39, 0.29) is 32.0 Å². The molecule has 1 N–H and O–H groups in total. The van der Waals surface area contributed by atoms with Crippen LogP contribution in [-0.4, -0.2) is 115 Å². The molecule has 0 radical (unpaired) electrons. The first-order chi connectivity index (χ1) is 20.4. The van der Waals surface area contributed by atoms with Crippen LogP contribution >= 0.6 is 7.92 Å². The number of ether oxygens (including phenoxy) is 1. The Morgan fingerprint density at radius 2 is 1.69 bits per heavy atom. The molecule has 3 amide bonds. The van der Waals surface area contributed by atoms with Gasteiger partial charge in [0.05, 0.1) is 0 Å². The van der Waals surface area contributed by atoms with Crippen LogP contribution < -0.4 is 10.2 Å². The standard InChI is InChI=1S/C29H38N7O5P/c1-3-4-19-41-29(39)36-17-15-35(16-18-36)28(38)23(10-20-42-40)31-27(37)24-21-25(34-13-11-33(2)12-14-34)32-26(30-24)22-8-6-5-7-9-22/h5-9,21,23H,3-4,10-19H2,1-2H3,(H,31,37)/t23-/m0/s1. The molecule has 0 unspecified atom stereocenters. The predicted octanol–water partition coefficient (Wildman–Crippen LogP) is 2.72. The van der Waals surface area contributed by atoms with Crippen LogP contribution in [0.15, 0.2) is 36.4 Å². The molecule has 0 aliphatic carbocycles. The van der Waals surface area contributed by atoms with E-state index in [1.54, 1.807) is 15.9 Å². The van der Waals surface area contributed by atoms with Gasteiger partial charge >= 0.3 is 227 Å². The summed E-state index contributed by atoms with van der Waals surface area (Å²) < 4.78 is 16.5. The molecular weight excluding hydrogens is 557 g/mol. The first kappa shape index (κ1) is 31.2. The number of amides is 3. The van der Waals surface area contributed by atoms with Crippen LogP contribution in [0.3, 0.4) is 0 Å². The summed E-state index contributed by atoms with van der Waals surface area (Å²) in [6, 6.07) is 10.1. The number of rotatable bonds is 9. The number of piperazine rings is 2. The Morgan fingerprint density at radius 3 is 2.36 bits per heavy atom. The Balaban J connectivity index is 1.49. The molecule has 13 heteroatoms. The fourth-order valence-electron chi connectivity index (χ4n) is 4.75. The Morgan fingerprint density at radius 1 is 1.00 bits per heavy atom. The molecule has 3 heterocycles. The Labute approximate surface area is 247 Å². The van der Waals surface area contributed by atoms with Crippen molar-refractivity contribution in [3.05, 3.63) is 42.1 Å². The van der Waals surface area contributed by atoms with Crippen LogP contribution in [0.5, 0.6) is 0 Å². The van der Waals surface area contributed by atoms with Crippen molar-refractivity contribution in [1.82, 2.24) is 30.0 Å². The minimum absolute atomic E-state index is 0.0448. The number of nitrogens with zero attached hydrogens (tertiary/aromatic N) is 6. The van der Waals surface area contributed by atoms with Crippen molar-refractivity contribution >= 4 is 31.6 Å². The summed E-state index contributed by atoms with van der Waals surface area (Å²) in [6.07, 6.45) is 1.30. The maximum absolute atomic E-state index is 13.6. The van der Waals surface area contributed by atoms with Crippen molar-refractivity contribution in [2.75, 3.05) is 70.9 Å². The van der Waals surface area contributed by atoms with Gasteiger partial charge in [0.25, 0.3) is 0 Å². The van der Waals surface area contributed by atoms with Crippen LogP contribution in [0.2, 0.25) is 0 Å². The number of carbonyl (C=O) groups is 3.